The smallest absolute Gasteiger partial charge is 0.263 e. The Balaban J connectivity index is 0.000000261. The Bertz CT molecular complexity index is 1070. The molecule has 0 spiro atoms. The molecule has 8 heteroatoms. The Hall–Kier alpha value is -3.00. The number of nitrogen functional groups attached to an aromatic ring is 1. The topological polar surface area (TPSA) is 98.0 Å². The summed E-state index contributed by atoms with van der Waals surface area (Å²) in [5.74, 6) is 0.416. The zero-order valence-electron chi connectivity index (χ0n) is 16.2. The van der Waals surface area contributed by atoms with Gasteiger partial charge in [-0.2, -0.15) is 0 Å². The van der Waals surface area contributed by atoms with Crippen molar-refractivity contribution in [2.24, 2.45) is 0 Å². The van der Waals surface area contributed by atoms with Crippen LogP contribution in [0.4, 0.5) is 16.0 Å². The molecule has 0 aliphatic rings. The van der Waals surface area contributed by atoms with Crippen LogP contribution in [0.25, 0.3) is 0 Å². The highest BCUT2D eigenvalue weighted by atomic mass is 32.2. The summed E-state index contributed by atoms with van der Waals surface area (Å²) in [5.41, 5.74) is 9.36. The third-order valence-electron chi connectivity index (χ3n) is 3.83. The Morgan fingerprint density at radius 2 is 1.43 bits per heavy atom. The van der Waals surface area contributed by atoms with Crippen molar-refractivity contribution in [1.29, 1.82) is 0 Å². The second-order valence-corrected chi connectivity index (χ2v) is 8.13. The molecular weight excluding hydrogens is 379 g/mol. The highest BCUT2D eigenvalue weighted by Crippen LogP contribution is 2.18. The van der Waals surface area contributed by atoms with Gasteiger partial charge in [-0.1, -0.05) is 12.1 Å². The van der Waals surface area contributed by atoms with Crippen LogP contribution in [0.1, 0.15) is 22.3 Å². The van der Waals surface area contributed by atoms with Crippen LogP contribution in [0.2, 0.25) is 0 Å². The highest BCUT2D eigenvalue weighted by Gasteiger charge is 2.15. The lowest BCUT2D eigenvalue weighted by atomic mass is 10.2. The van der Waals surface area contributed by atoms with Gasteiger partial charge >= 0.3 is 0 Å². The van der Waals surface area contributed by atoms with Gasteiger partial charge in [0.15, 0.2) is 0 Å². The maximum Gasteiger partial charge on any atom is 0.263 e. The number of hydrogen-bond acceptors (Lipinski definition) is 5. The number of hydrogen-bond donors (Lipinski definition) is 2. The fraction of sp³-hybridized carbons (Fsp3) is 0.200. The molecular formula is C20H23FN4O2S. The van der Waals surface area contributed by atoms with Crippen LogP contribution in [0.3, 0.4) is 0 Å². The number of aryl methyl sites for hydroxylation is 4. The van der Waals surface area contributed by atoms with Gasteiger partial charge in [0.2, 0.25) is 0 Å². The molecule has 0 amide bonds. The number of pyridine rings is 2. The summed E-state index contributed by atoms with van der Waals surface area (Å²) in [6.45, 7) is 7.59. The first-order chi connectivity index (χ1) is 13.1. The van der Waals surface area contributed by atoms with E-state index in [0.29, 0.717) is 5.82 Å². The van der Waals surface area contributed by atoms with Crippen LogP contribution < -0.4 is 10.5 Å². The van der Waals surface area contributed by atoms with Gasteiger partial charge in [-0.05, 0) is 74.2 Å². The van der Waals surface area contributed by atoms with Gasteiger partial charge in [0.1, 0.15) is 17.5 Å². The quantitative estimate of drug-likeness (QED) is 0.692. The van der Waals surface area contributed by atoms with Gasteiger partial charge < -0.3 is 5.73 Å². The highest BCUT2D eigenvalue weighted by molar-refractivity contribution is 7.92. The minimum absolute atomic E-state index is 0.00400. The minimum atomic E-state index is -3.74. The van der Waals surface area contributed by atoms with E-state index in [0.717, 1.165) is 34.4 Å². The molecule has 0 unspecified atom stereocenters. The molecule has 3 aromatic rings. The third-order valence-corrected chi connectivity index (χ3v) is 5.18. The largest absolute Gasteiger partial charge is 0.383 e. The number of anilines is 2. The molecule has 0 aliphatic heterocycles. The predicted octanol–water partition coefficient (Wildman–Crippen LogP) is 3.92. The number of halogens is 1. The maximum atomic E-state index is 12.8. The van der Waals surface area contributed by atoms with Crippen LogP contribution in [0.5, 0.6) is 0 Å². The summed E-state index contributed by atoms with van der Waals surface area (Å²) in [7, 11) is -3.74. The van der Waals surface area contributed by atoms with Gasteiger partial charge in [0.05, 0.1) is 4.90 Å². The van der Waals surface area contributed by atoms with E-state index in [9.17, 15) is 12.8 Å². The van der Waals surface area contributed by atoms with Crippen molar-refractivity contribution in [3.8, 4) is 0 Å². The van der Waals surface area contributed by atoms with Crippen molar-refractivity contribution in [2.75, 3.05) is 10.5 Å². The molecule has 0 bridgehead atoms. The number of nitrogens with one attached hydrogen (secondary N) is 1. The predicted molar refractivity (Wildman–Crippen MR) is 109 cm³/mol. The molecule has 0 fully saturated rings. The molecule has 3 rings (SSSR count). The number of sulfonamides is 1. The normalized spacial score (nSPS) is 10.8. The van der Waals surface area contributed by atoms with Crippen LogP contribution in [0, 0.1) is 33.5 Å². The fourth-order valence-corrected chi connectivity index (χ4v) is 3.43. The molecule has 2 aromatic heterocycles. The molecule has 0 atom stereocenters. The molecule has 0 aliphatic carbocycles. The van der Waals surface area contributed by atoms with Crippen molar-refractivity contribution in [3.05, 3.63) is 76.9 Å². The Morgan fingerprint density at radius 1 is 0.893 bits per heavy atom. The lowest BCUT2D eigenvalue weighted by molar-refractivity contribution is 0.599. The first kappa shape index (κ1) is 21.3. The van der Waals surface area contributed by atoms with Gasteiger partial charge in [0.25, 0.3) is 10.0 Å². The number of nitrogens with zero attached hydrogens (tertiary/aromatic N) is 2. The monoisotopic (exact) mass is 402 g/mol. The summed E-state index contributed by atoms with van der Waals surface area (Å²) in [4.78, 5) is 7.99. The number of aromatic nitrogens is 2. The Kier molecular flexibility index (Phi) is 6.69. The standard InChI is InChI=1S/C13H13FN2O2S.C7H10N2/c1-9-7-10(2)13(15-8-9)16-19(17,18)12-5-3-11(14)4-6-12;1-5-3-6(2)7(8)9-4-5/h3-8H,1-2H3,(H,15,16);3-4H,1-2H3,(H2,8,9). The first-order valence-corrected chi connectivity index (χ1v) is 9.97. The van der Waals surface area contributed by atoms with Crippen LogP contribution in [0.15, 0.2) is 53.7 Å². The van der Waals surface area contributed by atoms with Gasteiger partial charge in [-0.25, -0.2) is 22.8 Å². The third kappa shape index (κ3) is 5.75. The summed E-state index contributed by atoms with van der Waals surface area (Å²) >= 11 is 0. The van der Waals surface area contributed by atoms with E-state index in [1.165, 1.54) is 12.1 Å². The molecule has 1 aromatic carbocycles. The molecule has 0 radical (unpaired) electrons. The zero-order valence-corrected chi connectivity index (χ0v) is 17.0. The zero-order chi connectivity index (χ0) is 20.9. The van der Waals surface area contributed by atoms with Gasteiger partial charge in [-0.3, -0.25) is 4.72 Å². The van der Waals surface area contributed by atoms with Crippen molar-refractivity contribution in [2.45, 2.75) is 32.6 Å². The van der Waals surface area contributed by atoms with Crippen molar-refractivity contribution >= 4 is 21.7 Å². The second-order valence-electron chi connectivity index (χ2n) is 6.45. The van der Waals surface area contributed by atoms with Crippen LogP contribution >= 0.6 is 0 Å². The summed E-state index contributed by atoms with van der Waals surface area (Å²) in [6, 6.07) is 8.47. The summed E-state index contributed by atoms with van der Waals surface area (Å²) < 4.78 is 39.3. The number of benzene rings is 1. The van der Waals surface area contributed by atoms with Crippen molar-refractivity contribution < 1.29 is 12.8 Å². The van der Waals surface area contributed by atoms with E-state index in [-0.39, 0.29) is 10.7 Å². The molecule has 6 nitrogen and oxygen atoms in total. The van der Waals surface area contributed by atoms with E-state index in [4.69, 9.17) is 5.73 Å². The van der Waals surface area contributed by atoms with E-state index in [1.807, 2.05) is 32.9 Å². The van der Waals surface area contributed by atoms with E-state index >= 15 is 0 Å². The average molecular weight is 402 g/mol. The Labute approximate surface area is 164 Å². The van der Waals surface area contributed by atoms with Crippen LogP contribution in [-0.2, 0) is 10.0 Å². The van der Waals surface area contributed by atoms with E-state index in [2.05, 4.69) is 14.7 Å². The SMILES string of the molecule is Cc1cnc(N)c(C)c1.Cc1cnc(NS(=O)(=O)c2ccc(F)cc2)c(C)c1. The maximum absolute atomic E-state index is 12.8. The molecule has 3 N–H and O–H groups in total. The van der Waals surface area contributed by atoms with Gasteiger partial charge in [0, 0.05) is 12.4 Å². The average Bonchev–Trinajstić information content (AvgIpc) is 2.62. The fourth-order valence-electron chi connectivity index (χ4n) is 2.35. The molecule has 2 heterocycles. The molecule has 28 heavy (non-hydrogen) atoms. The molecule has 148 valence electrons. The first-order valence-electron chi connectivity index (χ1n) is 8.49. The molecule has 0 saturated carbocycles. The number of rotatable bonds is 3. The Morgan fingerprint density at radius 3 is 1.93 bits per heavy atom. The van der Waals surface area contributed by atoms with E-state index < -0.39 is 15.8 Å². The summed E-state index contributed by atoms with van der Waals surface area (Å²) in [5, 5.41) is 0. The number of nitrogens with two attached hydrogens (primary N) is 1. The lowest BCUT2D eigenvalue weighted by Gasteiger charge is -2.10. The minimum Gasteiger partial charge on any atom is -0.383 e. The van der Waals surface area contributed by atoms with E-state index in [1.54, 1.807) is 19.3 Å². The van der Waals surface area contributed by atoms with Gasteiger partial charge in [-0.15, -0.1) is 0 Å². The lowest BCUT2D eigenvalue weighted by Crippen LogP contribution is -2.14. The second kappa shape index (κ2) is 8.79. The van der Waals surface area contributed by atoms with Crippen molar-refractivity contribution in [3.63, 3.8) is 0 Å². The summed E-state index contributed by atoms with van der Waals surface area (Å²) in [6.07, 6.45) is 3.35. The van der Waals surface area contributed by atoms with Crippen molar-refractivity contribution in [1.82, 2.24) is 9.97 Å². The molecule has 0 saturated heterocycles. The van der Waals surface area contributed by atoms with Crippen LogP contribution in [-0.4, -0.2) is 18.4 Å².